The van der Waals surface area contributed by atoms with Crippen LogP contribution >= 0.6 is 0 Å². The van der Waals surface area contributed by atoms with Gasteiger partial charge in [0.2, 0.25) is 11.8 Å². The molecule has 12 heteroatoms. The van der Waals surface area contributed by atoms with Crippen molar-refractivity contribution in [2.75, 3.05) is 13.2 Å². The van der Waals surface area contributed by atoms with Crippen molar-refractivity contribution in [2.45, 2.75) is 44.6 Å². The van der Waals surface area contributed by atoms with Gasteiger partial charge in [0.1, 0.15) is 0 Å². The normalized spacial score (nSPS) is 17.0. The number of fused-ring (bicyclic) bond motifs is 1. The van der Waals surface area contributed by atoms with E-state index in [0.29, 0.717) is 0 Å². The van der Waals surface area contributed by atoms with E-state index < -0.39 is 42.7 Å². The first-order valence-electron chi connectivity index (χ1n) is 9.37. The summed E-state index contributed by atoms with van der Waals surface area (Å²) in [7, 11) is 0. The van der Waals surface area contributed by atoms with Gasteiger partial charge in [0.15, 0.2) is 18.0 Å². The summed E-state index contributed by atoms with van der Waals surface area (Å²) in [5.74, 6) is -5.06. The fourth-order valence-electron chi connectivity index (χ4n) is 2.90. The van der Waals surface area contributed by atoms with Gasteiger partial charge in [-0.1, -0.05) is 0 Å². The van der Waals surface area contributed by atoms with Crippen LogP contribution in [0.5, 0.6) is 5.75 Å². The zero-order valence-corrected chi connectivity index (χ0v) is 16.4. The molecule has 3 heterocycles. The van der Waals surface area contributed by atoms with Crippen LogP contribution in [0.4, 0.5) is 13.6 Å². The molecule has 1 unspecified atom stereocenters. The highest BCUT2D eigenvalue weighted by molar-refractivity contribution is 6.00. The summed E-state index contributed by atoms with van der Waals surface area (Å²) in [6, 6.07) is 0.608. The molecule has 3 N–H and O–H groups in total. The van der Waals surface area contributed by atoms with Crippen LogP contribution in [-0.2, 0) is 9.59 Å². The van der Waals surface area contributed by atoms with Gasteiger partial charge in [-0.25, -0.2) is 23.1 Å². The zero-order valence-electron chi connectivity index (χ0n) is 16.4. The quantitative estimate of drug-likeness (QED) is 0.580. The number of ether oxygens (including phenoxy) is 1. The monoisotopic (exact) mass is 424 g/mol. The molecular weight excluding hydrogens is 402 g/mol. The van der Waals surface area contributed by atoms with Crippen molar-refractivity contribution in [2.24, 2.45) is 0 Å². The minimum absolute atomic E-state index is 0.0123. The second kappa shape index (κ2) is 8.59. The van der Waals surface area contributed by atoms with Crippen molar-refractivity contribution in [1.82, 2.24) is 30.5 Å². The fourth-order valence-corrected chi connectivity index (χ4v) is 2.90. The number of amides is 4. The predicted octanol–water partition coefficient (Wildman–Crippen LogP) is 0.971. The maximum Gasteiger partial charge on any atom is 0.321 e. The molecule has 1 fully saturated rings. The zero-order chi connectivity index (χ0) is 21.9. The lowest BCUT2D eigenvalue weighted by molar-refractivity contribution is -0.124. The van der Waals surface area contributed by atoms with Gasteiger partial charge in [-0.2, -0.15) is 5.10 Å². The van der Waals surface area contributed by atoms with Gasteiger partial charge >= 0.3 is 6.03 Å². The molecule has 1 saturated heterocycles. The van der Waals surface area contributed by atoms with Crippen molar-refractivity contribution >= 4 is 23.5 Å². The maximum absolute atomic E-state index is 14.2. The Balaban J connectivity index is 1.72. The molecule has 4 amide bonds. The van der Waals surface area contributed by atoms with Crippen molar-refractivity contribution in [3.8, 4) is 5.75 Å². The summed E-state index contributed by atoms with van der Waals surface area (Å²) in [4.78, 5) is 39.0. The van der Waals surface area contributed by atoms with E-state index >= 15 is 0 Å². The molecule has 0 aromatic carbocycles. The number of hydrogen-bond donors (Lipinski definition) is 3. The first kappa shape index (κ1) is 21.4. The molecule has 162 valence electrons. The fraction of sp³-hybridized carbons (Fsp3) is 0.500. The number of nitrogens with one attached hydrogen (secondary N) is 3. The van der Waals surface area contributed by atoms with E-state index in [2.05, 4.69) is 26.0 Å². The first-order valence-corrected chi connectivity index (χ1v) is 9.37. The molecule has 1 aliphatic rings. The molecule has 1 atom stereocenters. The summed E-state index contributed by atoms with van der Waals surface area (Å²) in [6.45, 7) is 2.53. The number of hydrogen-bond acceptors (Lipinski definition) is 6. The Labute approximate surface area is 170 Å². The number of halogens is 2. The molecule has 0 radical (unpaired) electrons. The third-order valence-electron chi connectivity index (χ3n) is 4.33. The van der Waals surface area contributed by atoms with Crippen LogP contribution in [-0.4, -0.2) is 57.6 Å². The number of carbonyl (C=O) groups is 3. The van der Waals surface area contributed by atoms with E-state index in [0.717, 1.165) is 0 Å². The summed E-state index contributed by atoms with van der Waals surface area (Å²) < 4.78 is 35.1. The molecule has 2 aromatic rings. The lowest BCUT2D eigenvalue weighted by atomic mass is 10.0. The average molecular weight is 424 g/mol. The number of rotatable bonds is 8. The summed E-state index contributed by atoms with van der Waals surface area (Å²) in [5, 5.41) is 11.4. The number of urea groups is 1. The molecule has 0 spiro atoms. The van der Waals surface area contributed by atoms with E-state index in [1.807, 2.05) is 0 Å². The van der Waals surface area contributed by atoms with E-state index in [1.54, 1.807) is 13.8 Å². The average Bonchev–Trinajstić information content (AvgIpc) is 3.13. The maximum atomic E-state index is 14.2. The van der Waals surface area contributed by atoms with Crippen LogP contribution < -0.4 is 20.7 Å². The summed E-state index contributed by atoms with van der Waals surface area (Å²) in [5.41, 5.74) is 0.431. The number of imide groups is 1. The number of imidazole rings is 1. The second-order valence-electron chi connectivity index (χ2n) is 7.25. The molecule has 2 aromatic heterocycles. The first-order chi connectivity index (χ1) is 14.1. The van der Waals surface area contributed by atoms with Crippen LogP contribution in [0.1, 0.15) is 38.3 Å². The van der Waals surface area contributed by atoms with Crippen molar-refractivity contribution in [3.05, 3.63) is 24.2 Å². The molecule has 0 saturated carbocycles. The van der Waals surface area contributed by atoms with Crippen LogP contribution in [0.3, 0.4) is 0 Å². The highest BCUT2D eigenvalue weighted by Crippen LogP contribution is 2.27. The Morgan fingerprint density at radius 2 is 2.20 bits per heavy atom. The lowest BCUT2D eigenvalue weighted by Gasteiger charge is -2.22. The Morgan fingerprint density at radius 3 is 2.90 bits per heavy atom. The third kappa shape index (κ3) is 5.19. The summed E-state index contributed by atoms with van der Waals surface area (Å²) >= 11 is 0. The minimum Gasteiger partial charge on any atom is -0.483 e. The Morgan fingerprint density at radius 1 is 1.43 bits per heavy atom. The van der Waals surface area contributed by atoms with Gasteiger partial charge in [0.25, 0.3) is 5.92 Å². The van der Waals surface area contributed by atoms with E-state index in [9.17, 15) is 23.2 Å². The molecule has 0 aliphatic carbocycles. The van der Waals surface area contributed by atoms with Gasteiger partial charge in [-0.15, -0.1) is 0 Å². The molecule has 10 nitrogen and oxygen atoms in total. The van der Waals surface area contributed by atoms with E-state index in [-0.39, 0.29) is 36.1 Å². The second-order valence-corrected chi connectivity index (χ2v) is 7.25. The standard InChI is InChI=1S/C18H22F2N6O4/c1-10(2)23-14(27)3-4-18(19,20)9-30-13-7-12(25-26-6-5-21-15(13)26)11-8-22-17(29)24-16(11)28/h5-7,10-11H,3-4,8-9H2,1-2H3,(H,23,27)(H2,22,24,28,29). The Hall–Kier alpha value is -3.31. The van der Waals surface area contributed by atoms with Crippen molar-refractivity contribution < 1.29 is 27.9 Å². The van der Waals surface area contributed by atoms with Crippen LogP contribution in [0.2, 0.25) is 0 Å². The highest BCUT2D eigenvalue weighted by Gasteiger charge is 2.33. The molecular formula is C18H22F2N6O4. The molecule has 1 aliphatic heterocycles. The predicted molar refractivity (Wildman–Crippen MR) is 100 cm³/mol. The molecule has 30 heavy (non-hydrogen) atoms. The van der Waals surface area contributed by atoms with Gasteiger partial charge in [-0.3, -0.25) is 14.9 Å². The van der Waals surface area contributed by atoms with Crippen molar-refractivity contribution in [3.63, 3.8) is 0 Å². The van der Waals surface area contributed by atoms with E-state index in [4.69, 9.17) is 4.74 Å². The molecule has 3 rings (SSSR count). The van der Waals surface area contributed by atoms with Gasteiger partial charge in [0, 0.05) is 43.9 Å². The lowest BCUT2D eigenvalue weighted by Crippen LogP contribution is -2.51. The number of nitrogens with zero attached hydrogens (tertiary/aromatic N) is 3. The van der Waals surface area contributed by atoms with E-state index in [1.165, 1.54) is 23.0 Å². The molecule has 0 bridgehead atoms. The minimum atomic E-state index is -3.25. The van der Waals surface area contributed by atoms with Crippen LogP contribution in [0.15, 0.2) is 18.5 Å². The number of alkyl halides is 2. The van der Waals surface area contributed by atoms with Gasteiger partial charge in [-0.05, 0) is 13.8 Å². The number of aromatic nitrogens is 3. The SMILES string of the molecule is CC(C)NC(=O)CCC(F)(F)COc1cc(C2CNC(=O)NC2=O)nn2ccnc12. The van der Waals surface area contributed by atoms with Gasteiger partial charge < -0.3 is 15.4 Å². The Bertz CT molecular complexity index is 961. The topological polar surface area (TPSA) is 127 Å². The third-order valence-corrected chi connectivity index (χ3v) is 4.33. The number of carbonyl (C=O) groups excluding carboxylic acids is 3. The largest absolute Gasteiger partial charge is 0.483 e. The summed E-state index contributed by atoms with van der Waals surface area (Å²) in [6.07, 6.45) is 1.89. The highest BCUT2D eigenvalue weighted by atomic mass is 19.3. The van der Waals surface area contributed by atoms with Crippen LogP contribution in [0, 0.1) is 0 Å². The van der Waals surface area contributed by atoms with Crippen molar-refractivity contribution in [1.29, 1.82) is 0 Å². The van der Waals surface area contributed by atoms with Crippen LogP contribution in [0.25, 0.3) is 5.65 Å². The van der Waals surface area contributed by atoms with Gasteiger partial charge in [0.05, 0.1) is 11.6 Å². The Kier molecular flexibility index (Phi) is 6.13. The smallest absolute Gasteiger partial charge is 0.321 e.